The number of hydrogen-bond acceptors (Lipinski definition) is 4. The molecule has 0 aromatic heterocycles. The lowest BCUT2D eigenvalue weighted by atomic mass is 10.0. The zero-order valence-corrected chi connectivity index (χ0v) is 9.30. The molecule has 2 fully saturated rings. The van der Waals surface area contributed by atoms with Gasteiger partial charge in [-0.25, -0.2) is 9.69 Å². The Balaban J connectivity index is 1.99. The number of hydrogen-bond donors (Lipinski definition) is 1. The van der Waals surface area contributed by atoms with Gasteiger partial charge >= 0.3 is 6.09 Å². The fourth-order valence-electron chi connectivity index (χ4n) is 2.12. The zero-order chi connectivity index (χ0) is 11.9. The minimum Gasteiger partial charge on any atom is -0.465 e. The molecule has 2 amide bonds. The molecule has 0 saturated carbocycles. The number of ether oxygens (including phenoxy) is 2. The maximum atomic E-state index is 11.4. The molecule has 6 nitrogen and oxygen atoms in total. The third-order valence-corrected chi connectivity index (χ3v) is 2.94. The van der Waals surface area contributed by atoms with E-state index in [1.165, 1.54) is 0 Å². The molecule has 2 atom stereocenters. The van der Waals surface area contributed by atoms with Crippen LogP contribution in [0.4, 0.5) is 4.79 Å². The van der Waals surface area contributed by atoms with E-state index in [4.69, 9.17) is 14.6 Å². The smallest absolute Gasteiger partial charge is 0.414 e. The van der Waals surface area contributed by atoms with Gasteiger partial charge in [0.05, 0.1) is 12.7 Å². The SMILES string of the molecule is CC1(C)OC[C@H](C2CC(=O)N(C(=O)O)C2)O1. The number of likely N-dealkylation sites (tertiary alicyclic amines) is 1. The first-order chi connectivity index (χ1) is 7.39. The Morgan fingerprint density at radius 1 is 1.56 bits per heavy atom. The molecule has 0 aliphatic carbocycles. The van der Waals surface area contributed by atoms with Gasteiger partial charge in [0.15, 0.2) is 5.79 Å². The summed E-state index contributed by atoms with van der Waals surface area (Å²) >= 11 is 0. The Bertz CT molecular complexity index is 327. The first-order valence-electron chi connectivity index (χ1n) is 5.24. The number of carbonyl (C=O) groups is 2. The Morgan fingerprint density at radius 2 is 2.25 bits per heavy atom. The van der Waals surface area contributed by atoms with Crippen LogP contribution in [0.25, 0.3) is 0 Å². The van der Waals surface area contributed by atoms with Crippen molar-refractivity contribution in [1.82, 2.24) is 4.90 Å². The number of amides is 2. The highest BCUT2D eigenvalue weighted by atomic mass is 16.7. The maximum absolute atomic E-state index is 11.4. The fourth-order valence-corrected chi connectivity index (χ4v) is 2.12. The van der Waals surface area contributed by atoms with Gasteiger partial charge < -0.3 is 14.6 Å². The van der Waals surface area contributed by atoms with Gasteiger partial charge in [-0.2, -0.15) is 0 Å². The molecular weight excluding hydrogens is 214 g/mol. The standard InChI is InChI=1S/C10H15NO5/c1-10(2)15-5-7(16-10)6-3-8(12)11(4-6)9(13)14/h6-7H,3-5H2,1-2H3,(H,13,14)/t6?,7-/m1/s1. The van der Waals surface area contributed by atoms with E-state index in [-0.39, 0.29) is 30.9 Å². The number of rotatable bonds is 1. The van der Waals surface area contributed by atoms with E-state index >= 15 is 0 Å². The van der Waals surface area contributed by atoms with Crippen molar-refractivity contribution in [2.45, 2.75) is 32.2 Å². The van der Waals surface area contributed by atoms with Crippen molar-refractivity contribution in [2.75, 3.05) is 13.2 Å². The van der Waals surface area contributed by atoms with Gasteiger partial charge in [-0.3, -0.25) is 4.79 Å². The van der Waals surface area contributed by atoms with Crippen LogP contribution in [0.3, 0.4) is 0 Å². The highest BCUT2D eigenvalue weighted by molar-refractivity contribution is 5.92. The molecule has 0 aromatic rings. The largest absolute Gasteiger partial charge is 0.465 e. The molecule has 1 N–H and O–H groups in total. The van der Waals surface area contributed by atoms with Crippen molar-refractivity contribution >= 4 is 12.0 Å². The maximum Gasteiger partial charge on any atom is 0.414 e. The quantitative estimate of drug-likeness (QED) is 0.715. The number of carboxylic acid groups (broad SMARTS) is 1. The Morgan fingerprint density at radius 3 is 2.69 bits per heavy atom. The minimum atomic E-state index is -1.19. The van der Waals surface area contributed by atoms with Crippen LogP contribution >= 0.6 is 0 Å². The molecule has 90 valence electrons. The van der Waals surface area contributed by atoms with Gasteiger partial charge in [-0.05, 0) is 13.8 Å². The third kappa shape index (κ3) is 2.03. The third-order valence-electron chi connectivity index (χ3n) is 2.94. The second-order valence-electron chi connectivity index (χ2n) is 4.62. The van der Waals surface area contributed by atoms with Crippen LogP contribution in [0.1, 0.15) is 20.3 Å². The number of nitrogens with zero attached hydrogens (tertiary/aromatic N) is 1. The van der Waals surface area contributed by atoms with Crippen molar-refractivity contribution in [3.63, 3.8) is 0 Å². The molecule has 0 bridgehead atoms. The van der Waals surface area contributed by atoms with E-state index in [0.717, 1.165) is 4.90 Å². The molecule has 2 aliphatic heterocycles. The Labute approximate surface area is 93.1 Å². The zero-order valence-electron chi connectivity index (χ0n) is 9.30. The van der Waals surface area contributed by atoms with Crippen molar-refractivity contribution in [3.8, 4) is 0 Å². The summed E-state index contributed by atoms with van der Waals surface area (Å²) < 4.78 is 11.0. The van der Waals surface area contributed by atoms with Crippen LogP contribution in [0.15, 0.2) is 0 Å². The van der Waals surface area contributed by atoms with E-state index in [2.05, 4.69) is 0 Å². The molecule has 6 heteroatoms. The average Bonchev–Trinajstić information content (AvgIpc) is 2.69. The molecule has 2 saturated heterocycles. The van der Waals surface area contributed by atoms with E-state index in [9.17, 15) is 9.59 Å². The summed E-state index contributed by atoms with van der Waals surface area (Å²) in [5, 5.41) is 8.78. The summed E-state index contributed by atoms with van der Waals surface area (Å²) in [6.07, 6.45) is -1.16. The first kappa shape index (κ1) is 11.3. The first-order valence-corrected chi connectivity index (χ1v) is 5.24. The van der Waals surface area contributed by atoms with Crippen molar-refractivity contribution < 1.29 is 24.2 Å². The van der Waals surface area contributed by atoms with E-state index in [1.807, 2.05) is 0 Å². The van der Waals surface area contributed by atoms with Crippen LogP contribution in [0.5, 0.6) is 0 Å². The van der Waals surface area contributed by atoms with Gasteiger partial charge in [-0.1, -0.05) is 0 Å². The predicted octanol–water partition coefficient (Wildman–Crippen LogP) is 0.664. The van der Waals surface area contributed by atoms with E-state index < -0.39 is 11.9 Å². The molecule has 0 aromatic carbocycles. The Kier molecular flexibility index (Phi) is 2.63. The van der Waals surface area contributed by atoms with Crippen LogP contribution in [-0.2, 0) is 14.3 Å². The molecular formula is C10H15NO5. The molecule has 0 spiro atoms. The molecule has 2 aliphatic rings. The molecule has 2 heterocycles. The normalized spacial score (nSPS) is 33.4. The van der Waals surface area contributed by atoms with Crippen molar-refractivity contribution in [3.05, 3.63) is 0 Å². The lowest BCUT2D eigenvalue weighted by Crippen LogP contribution is -2.33. The van der Waals surface area contributed by atoms with Crippen LogP contribution in [0.2, 0.25) is 0 Å². The lowest BCUT2D eigenvalue weighted by molar-refractivity contribution is -0.144. The summed E-state index contributed by atoms with van der Waals surface area (Å²) in [6.45, 7) is 4.23. The predicted molar refractivity (Wildman–Crippen MR) is 52.7 cm³/mol. The van der Waals surface area contributed by atoms with Gasteiger partial charge in [0.1, 0.15) is 0 Å². The van der Waals surface area contributed by atoms with Crippen LogP contribution in [-0.4, -0.2) is 47.0 Å². The van der Waals surface area contributed by atoms with Crippen molar-refractivity contribution in [1.29, 1.82) is 0 Å². The summed E-state index contributed by atoms with van der Waals surface area (Å²) in [7, 11) is 0. The lowest BCUT2D eigenvalue weighted by Gasteiger charge is -2.20. The minimum absolute atomic E-state index is 0.0922. The molecule has 2 rings (SSSR count). The molecule has 1 unspecified atom stereocenters. The highest BCUT2D eigenvalue weighted by Crippen LogP contribution is 2.31. The van der Waals surface area contributed by atoms with Crippen LogP contribution < -0.4 is 0 Å². The van der Waals surface area contributed by atoms with Gasteiger partial charge in [0.2, 0.25) is 5.91 Å². The Hall–Kier alpha value is -1.14. The fraction of sp³-hybridized carbons (Fsp3) is 0.800. The monoisotopic (exact) mass is 229 g/mol. The topological polar surface area (TPSA) is 76.1 Å². The average molecular weight is 229 g/mol. The summed E-state index contributed by atoms with van der Waals surface area (Å²) in [5.41, 5.74) is 0. The number of imide groups is 1. The number of carbonyl (C=O) groups excluding carboxylic acids is 1. The van der Waals surface area contributed by atoms with Gasteiger partial charge in [0.25, 0.3) is 0 Å². The van der Waals surface area contributed by atoms with Crippen LogP contribution in [0, 0.1) is 5.92 Å². The second-order valence-corrected chi connectivity index (χ2v) is 4.62. The summed E-state index contributed by atoms with van der Waals surface area (Å²) in [4.78, 5) is 23.0. The summed E-state index contributed by atoms with van der Waals surface area (Å²) in [5.74, 6) is -1.08. The van der Waals surface area contributed by atoms with Gasteiger partial charge in [-0.15, -0.1) is 0 Å². The highest BCUT2D eigenvalue weighted by Gasteiger charge is 2.44. The van der Waals surface area contributed by atoms with Crippen molar-refractivity contribution in [2.24, 2.45) is 5.92 Å². The van der Waals surface area contributed by atoms with Gasteiger partial charge in [0, 0.05) is 18.9 Å². The van der Waals surface area contributed by atoms with E-state index in [1.54, 1.807) is 13.8 Å². The summed E-state index contributed by atoms with van der Waals surface area (Å²) in [6, 6.07) is 0. The molecule has 16 heavy (non-hydrogen) atoms. The molecule has 0 radical (unpaired) electrons. The van der Waals surface area contributed by atoms with E-state index in [0.29, 0.717) is 6.61 Å². The second kappa shape index (κ2) is 3.71.